The monoisotopic (exact) mass is 237 g/mol. The van der Waals surface area contributed by atoms with Crippen LogP contribution in [0.5, 0.6) is 0 Å². The molecule has 0 atom stereocenters. The quantitative estimate of drug-likeness (QED) is 0.439. The van der Waals surface area contributed by atoms with E-state index in [4.69, 9.17) is 0 Å². The van der Waals surface area contributed by atoms with Crippen LogP contribution in [-0.4, -0.2) is 0 Å². The Morgan fingerprint density at radius 1 is 0.647 bits per heavy atom. The lowest BCUT2D eigenvalue weighted by Gasteiger charge is -1.95. The Morgan fingerprint density at radius 2 is 1.12 bits per heavy atom. The molecule has 0 spiro atoms. The molecule has 0 aromatic carbocycles. The van der Waals surface area contributed by atoms with E-state index in [-0.39, 0.29) is 0 Å². The van der Waals surface area contributed by atoms with Crippen LogP contribution < -0.4 is 5.32 Å². The van der Waals surface area contributed by atoms with E-state index in [2.05, 4.69) is 43.7 Å². The fraction of sp³-hybridized carbons (Fsp3) is 0.750. The highest BCUT2D eigenvalue weighted by atomic mass is 14.8. The lowest BCUT2D eigenvalue weighted by Crippen LogP contribution is -1.91. The van der Waals surface area contributed by atoms with E-state index in [1.165, 1.54) is 64.2 Å². The summed E-state index contributed by atoms with van der Waals surface area (Å²) in [7, 11) is 0. The highest BCUT2D eigenvalue weighted by Gasteiger charge is 1.84. The first-order valence-electron chi connectivity index (χ1n) is 7.47. The van der Waals surface area contributed by atoms with Crippen LogP contribution in [0, 0.1) is 0 Å². The summed E-state index contributed by atoms with van der Waals surface area (Å²) in [5.41, 5.74) is 0. The lowest BCUT2D eigenvalue weighted by atomic mass is 10.1. The molecule has 0 aromatic heterocycles. The average molecular weight is 237 g/mol. The molecule has 0 saturated carbocycles. The van der Waals surface area contributed by atoms with Crippen molar-refractivity contribution in [3.8, 4) is 0 Å². The lowest BCUT2D eigenvalue weighted by molar-refractivity contribution is 0.672. The Kier molecular flexibility index (Phi) is 14.6. The largest absolute Gasteiger partial charge is 0.368 e. The zero-order valence-corrected chi connectivity index (χ0v) is 11.9. The fourth-order valence-electron chi connectivity index (χ4n) is 1.74. The van der Waals surface area contributed by atoms with E-state index in [1.807, 2.05) is 0 Å². The maximum Gasteiger partial charge on any atom is -0.00358 e. The molecule has 100 valence electrons. The summed E-state index contributed by atoms with van der Waals surface area (Å²) >= 11 is 0. The van der Waals surface area contributed by atoms with Gasteiger partial charge in [-0.05, 0) is 38.1 Å². The minimum Gasteiger partial charge on any atom is -0.368 e. The van der Waals surface area contributed by atoms with E-state index < -0.39 is 0 Å². The average Bonchev–Trinajstić information content (AvgIpc) is 2.35. The van der Waals surface area contributed by atoms with Gasteiger partial charge in [0.05, 0.1) is 0 Å². The van der Waals surface area contributed by atoms with Crippen LogP contribution in [0.25, 0.3) is 0 Å². The standard InChI is InChI=1S/C16H31N/c1-3-5-7-9-11-13-15-17-16-14-12-10-8-6-4-2/h13-17H,3-12H2,1-2H3. The van der Waals surface area contributed by atoms with Gasteiger partial charge in [0.15, 0.2) is 0 Å². The van der Waals surface area contributed by atoms with Crippen molar-refractivity contribution in [1.29, 1.82) is 0 Å². The molecule has 1 nitrogen and oxygen atoms in total. The van der Waals surface area contributed by atoms with Gasteiger partial charge in [-0.15, -0.1) is 0 Å². The first kappa shape index (κ1) is 16.3. The van der Waals surface area contributed by atoms with E-state index in [0.717, 1.165) is 0 Å². The van der Waals surface area contributed by atoms with Crippen molar-refractivity contribution in [2.24, 2.45) is 0 Å². The topological polar surface area (TPSA) is 12.0 Å². The van der Waals surface area contributed by atoms with Gasteiger partial charge in [0.25, 0.3) is 0 Å². The molecule has 0 aliphatic heterocycles. The highest BCUT2D eigenvalue weighted by Crippen LogP contribution is 2.03. The second-order valence-corrected chi connectivity index (χ2v) is 4.67. The van der Waals surface area contributed by atoms with Gasteiger partial charge in [-0.3, -0.25) is 0 Å². The molecule has 0 aromatic rings. The van der Waals surface area contributed by atoms with E-state index in [1.54, 1.807) is 0 Å². The number of unbranched alkanes of at least 4 members (excludes halogenated alkanes) is 8. The van der Waals surface area contributed by atoms with Crippen LogP contribution in [0.15, 0.2) is 24.6 Å². The van der Waals surface area contributed by atoms with Crippen molar-refractivity contribution < 1.29 is 0 Å². The van der Waals surface area contributed by atoms with Crippen molar-refractivity contribution in [2.45, 2.75) is 78.1 Å². The van der Waals surface area contributed by atoms with Gasteiger partial charge in [0.2, 0.25) is 0 Å². The number of nitrogens with one attached hydrogen (secondary N) is 1. The van der Waals surface area contributed by atoms with Crippen molar-refractivity contribution >= 4 is 0 Å². The number of allylic oxidation sites excluding steroid dienone is 2. The molecule has 0 aliphatic rings. The van der Waals surface area contributed by atoms with E-state index in [9.17, 15) is 0 Å². The molecular weight excluding hydrogens is 206 g/mol. The third kappa shape index (κ3) is 15.3. The third-order valence-electron chi connectivity index (χ3n) is 2.88. The minimum atomic E-state index is 1.21. The van der Waals surface area contributed by atoms with Crippen molar-refractivity contribution in [3.05, 3.63) is 24.6 Å². The van der Waals surface area contributed by atoms with Gasteiger partial charge in [-0.25, -0.2) is 0 Å². The van der Waals surface area contributed by atoms with Gasteiger partial charge in [-0.2, -0.15) is 0 Å². The first-order chi connectivity index (χ1) is 8.41. The minimum absolute atomic E-state index is 1.21. The van der Waals surface area contributed by atoms with Crippen LogP contribution in [0.1, 0.15) is 78.1 Å². The van der Waals surface area contributed by atoms with Crippen LogP contribution in [-0.2, 0) is 0 Å². The molecule has 0 bridgehead atoms. The molecule has 0 radical (unpaired) electrons. The Balaban J connectivity index is 3.14. The van der Waals surface area contributed by atoms with Gasteiger partial charge in [0.1, 0.15) is 0 Å². The molecule has 1 heteroatoms. The second-order valence-electron chi connectivity index (χ2n) is 4.67. The predicted molar refractivity (Wildman–Crippen MR) is 78.9 cm³/mol. The molecule has 0 unspecified atom stereocenters. The van der Waals surface area contributed by atoms with Crippen LogP contribution in [0.3, 0.4) is 0 Å². The summed E-state index contributed by atoms with van der Waals surface area (Å²) in [6.45, 7) is 4.51. The van der Waals surface area contributed by atoms with E-state index >= 15 is 0 Å². The van der Waals surface area contributed by atoms with Gasteiger partial charge in [0, 0.05) is 0 Å². The summed E-state index contributed by atoms with van der Waals surface area (Å²) in [6.07, 6.45) is 21.8. The van der Waals surface area contributed by atoms with Gasteiger partial charge < -0.3 is 5.32 Å². The first-order valence-corrected chi connectivity index (χ1v) is 7.47. The van der Waals surface area contributed by atoms with Crippen molar-refractivity contribution in [2.75, 3.05) is 0 Å². The Bertz CT molecular complexity index is 162. The number of rotatable bonds is 12. The van der Waals surface area contributed by atoms with Gasteiger partial charge >= 0.3 is 0 Å². The summed E-state index contributed by atoms with van der Waals surface area (Å²) in [5, 5.41) is 3.21. The van der Waals surface area contributed by atoms with Crippen LogP contribution in [0.2, 0.25) is 0 Å². The molecule has 0 fully saturated rings. The zero-order chi connectivity index (χ0) is 12.6. The summed E-state index contributed by atoms with van der Waals surface area (Å²) in [4.78, 5) is 0. The summed E-state index contributed by atoms with van der Waals surface area (Å²) in [5.74, 6) is 0. The Labute approximate surface area is 108 Å². The fourth-order valence-corrected chi connectivity index (χ4v) is 1.74. The predicted octanol–water partition coefficient (Wildman–Crippen LogP) is 5.54. The number of hydrogen-bond acceptors (Lipinski definition) is 1. The molecule has 1 N–H and O–H groups in total. The van der Waals surface area contributed by atoms with Crippen molar-refractivity contribution in [3.63, 3.8) is 0 Å². The molecule has 17 heavy (non-hydrogen) atoms. The van der Waals surface area contributed by atoms with Crippen LogP contribution in [0.4, 0.5) is 0 Å². The summed E-state index contributed by atoms with van der Waals surface area (Å²) in [6, 6.07) is 0. The SMILES string of the molecule is CCCCCCC=CNC=CCCCCCC. The highest BCUT2D eigenvalue weighted by molar-refractivity contribution is 4.88. The third-order valence-corrected chi connectivity index (χ3v) is 2.88. The zero-order valence-electron chi connectivity index (χ0n) is 11.9. The maximum absolute atomic E-state index is 3.21. The molecular formula is C16H31N. The molecule has 0 rings (SSSR count). The summed E-state index contributed by atoms with van der Waals surface area (Å²) < 4.78 is 0. The smallest absolute Gasteiger partial charge is 0.00358 e. The molecule has 0 aliphatic carbocycles. The van der Waals surface area contributed by atoms with Crippen LogP contribution >= 0.6 is 0 Å². The Morgan fingerprint density at radius 3 is 1.53 bits per heavy atom. The van der Waals surface area contributed by atoms with E-state index in [0.29, 0.717) is 0 Å². The maximum atomic E-state index is 3.21. The molecule has 0 amide bonds. The van der Waals surface area contributed by atoms with Gasteiger partial charge in [-0.1, -0.05) is 64.5 Å². The van der Waals surface area contributed by atoms with Crippen molar-refractivity contribution in [1.82, 2.24) is 5.32 Å². The Hall–Kier alpha value is -0.720. The second kappa shape index (κ2) is 15.3. The molecule has 0 heterocycles. The number of hydrogen-bond donors (Lipinski definition) is 1. The normalized spacial score (nSPS) is 11.6. The molecule has 0 saturated heterocycles.